The monoisotopic (exact) mass is 313 g/mol. The molecule has 0 aliphatic carbocycles. The van der Waals surface area contributed by atoms with Crippen molar-refractivity contribution in [1.29, 1.82) is 0 Å². The molecule has 1 aromatic heterocycles. The van der Waals surface area contributed by atoms with Crippen LogP contribution in [0.4, 0.5) is 0 Å². The molecule has 1 heterocycles. The van der Waals surface area contributed by atoms with E-state index >= 15 is 0 Å². The van der Waals surface area contributed by atoms with E-state index in [2.05, 4.69) is 10.3 Å². The van der Waals surface area contributed by atoms with Gasteiger partial charge in [-0.05, 0) is 11.8 Å². The van der Waals surface area contributed by atoms with Gasteiger partial charge in [0.25, 0.3) is 0 Å². The third kappa shape index (κ3) is 5.79. The van der Waals surface area contributed by atoms with Gasteiger partial charge in [0.2, 0.25) is 5.91 Å². The van der Waals surface area contributed by atoms with Crippen LogP contribution in [-0.4, -0.2) is 38.8 Å². The van der Waals surface area contributed by atoms with Crippen molar-refractivity contribution in [1.82, 2.24) is 14.9 Å². The van der Waals surface area contributed by atoms with E-state index in [1.54, 1.807) is 10.8 Å². The fourth-order valence-corrected chi connectivity index (χ4v) is 2.46. The minimum Gasteiger partial charge on any atom is -0.481 e. The normalized spacial score (nSPS) is 11.1. The summed E-state index contributed by atoms with van der Waals surface area (Å²) in [4.78, 5) is 26.9. The number of aliphatic carboxylic acids is 1. The van der Waals surface area contributed by atoms with Crippen molar-refractivity contribution >= 4 is 23.6 Å². The highest BCUT2D eigenvalue weighted by atomic mass is 32.2. The number of carboxylic acid groups (broad SMARTS) is 1. The van der Waals surface area contributed by atoms with Crippen LogP contribution in [0.3, 0.4) is 0 Å². The summed E-state index contributed by atoms with van der Waals surface area (Å²) in [5.74, 6) is -0.440. The Morgan fingerprint density at radius 3 is 2.57 bits per heavy atom. The van der Waals surface area contributed by atoms with Crippen molar-refractivity contribution in [2.75, 3.05) is 12.3 Å². The van der Waals surface area contributed by atoms with Gasteiger partial charge in [-0.2, -0.15) is 0 Å². The van der Waals surface area contributed by atoms with Gasteiger partial charge < -0.3 is 15.0 Å². The number of nitrogens with one attached hydrogen (secondary N) is 1. The van der Waals surface area contributed by atoms with Crippen LogP contribution < -0.4 is 5.32 Å². The quantitative estimate of drug-likeness (QED) is 0.717. The minimum atomic E-state index is -0.898. The lowest BCUT2D eigenvalue weighted by Crippen LogP contribution is -2.31. The zero-order valence-corrected chi connectivity index (χ0v) is 13.7. The van der Waals surface area contributed by atoms with Crippen LogP contribution in [0.15, 0.2) is 11.4 Å². The van der Waals surface area contributed by atoms with Crippen LogP contribution in [0.2, 0.25) is 0 Å². The van der Waals surface area contributed by atoms with E-state index in [4.69, 9.17) is 5.11 Å². The average molecular weight is 313 g/mol. The summed E-state index contributed by atoms with van der Waals surface area (Å²) in [6.45, 7) is 8.90. The Hall–Kier alpha value is -1.50. The van der Waals surface area contributed by atoms with E-state index in [0.29, 0.717) is 17.6 Å². The lowest BCUT2D eigenvalue weighted by molar-refractivity contribution is -0.133. The topological polar surface area (TPSA) is 84.2 Å². The number of imidazole rings is 1. The molecule has 1 amide bonds. The van der Waals surface area contributed by atoms with E-state index in [0.717, 1.165) is 17.5 Å². The van der Waals surface area contributed by atoms with Gasteiger partial charge in [0.05, 0.1) is 5.75 Å². The fourth-order valence-electron chi connectivity index (χ4n) is 1.75. The maximum atomic E-state index is 12.0. The Morgan fingerprint density at radius 2 is 2.05 bits per heavy atom. The Labute approximate surface area is 129 Å². The van der Waals surface area contributed by atoms with Gasteiger partial charge in [0.1, 0.15) is 6.54 Å². The molecule has 0 fully saturated rings. The highest BCUT2D eigenvalue weighted by Crippen LogP contribution is 2.23. The van der Waals surface area contributed by atoms with Crippen LogP contribution in [0.5, 0.6) is 0 Å². The summed E-state index contributed by atoms with van der Waals surface area (Å²) in [6.07, 6.45) is 1.71. The molecule has 1 rings (SSSR count). The smallest absolute Gasteiger partial charge is 0.313 e. The number of aromatic nitrogens is 2. The Balaban J connectivity index is 2.82. The molecule has 0 spiro atoms. The molecule has 1 aromatic rings. The summed E-state index contributed by atoms with van der Waals surface area (Å²) in [7, 11) is 0. The molecule has 7 heteroatoms. The molecule has 0 aliphatic rings. The highest BCUT2D eigenvalue weighted by molar-refractivity contribution is 7.99. The maximum Gasteiger partial charge on any atom is 0.313 e. The molecular formula is C14H23N3O3S. The summed E-state index contributed by atoms with van der Waals surface area (Å²) in [5.41, 5.74) is 0.933. The predicted molar refractivity (Wildman–Crippen MR) is 82.5 cm³/mol. The first-order chi connectivity index (χ1) is 9.81. The SMILES string of the molecule is CC(C)CNC(=O)Cn1c(C(C)C)cnc1SCC(=O)O. The summed E-state index contributed by atoms with van der Waals surface area (Å²) in [6, 6.07) is 0. The number of carbonyl (C=O) groups is 2. The number of thioether (sulfide) groups is 1. The zero-order valence-electron chi connectivity index (χ0n) is 12.9. The van der Waals surface area contributed by atoms with E-state index in [-0.39, 0.29) is 24.1 Å². The van der Waals surface area contributed by atoms with Gasteiger partial charge in [-0.25, -0.2) is 4.98 Å². The van der Waals surface area contributed by atoms with Gasteiger partial charge >= 0.3 is 5.97 Å². The molecule has 0 radical (unpaired) electrons. The number of amides is 1. The minimum absolute atomic E-state index is 0.0673. The van der Waals surface area contributed by atoms with Crippen molar-refractivity contribution in [3.05, 3.63) is 11.9 Å². The molecular weight excluding hydrogens is 290 g/mol. The van der Waals surface area contributed by atoms with Crippen LogP contribution in [0.25, 0.3) is 0 Å². The third-order valence-corrected chi connectivity index (χ3v) is 3.75. The predicted octanol–water partition coefficient (Wildman–Crippen LogP) is 1.96. The third-order valence-electron chi connectivity index (χ3n) is 2.78. The highest BCUT2D eigenvalue weighted by Gasteiger charge is 2.16. The molecule has 6 nitrogen and oxygen atoms in total. The largest absolute Gasteiger partial charge is 0.481 e. The second-order valence-corrected chi connectivity index (χ2v) is 6.53. The molecule has 0 bridgehead atoms. The number of carbonyl (C=O) groups excluding carboxylic acids is 1. The molecule has 0 aromatic carbocycles. The van der Waals surface area contributed by atoms with Crippen LogP contribution in [0.1, 0.15) is 39.3 Å². The summed E-state index contributed by atoms with van der Waals surface area (Å²) >= 11 is 1.13. The van der Waals surface area contributed by atoms with Gasteiger partial charge in [-0.15, -0.1) is 0 Å². The van der Waals surface area contributed by atoms with Crippen LogP contribution in [-0.2, 0) is 16.1 Å². The molecule has 21 heavy (non-hydrogen) atoms. The van der Waals surface area contributed by atoms with Crippen molar-refractivity contribution in [3.63, 3.8) is 0 Å². The lowest BCUT2D eigenvalue weighted by atomic mass is 10.1. The first-order valence-corrected chi connectivity index (χ1v) is 7.96. The Morgan fingerprint density at radius 1 is 1.38 bits per heavy atom. The number of nitrogens with zero attached hydrogens (tertiary/aromatic N) is 2. The van der Waals surface area contributed by atoms with Gasteiger partial charge in [-0.1, -0.05) is 39.5 Å². The first-order valence-electron chi connectivity index (χ1n) is 6.98. The number of hydrogen-bond donors (Lipinski definition) is 2. The molecule has 0 saturated carbocycles. The molecule has 0 saturated heterocycles. The lowest BCUT2D eigenvalue weighted by Gasteiger charge is -2.14. The first kappa shape index (κ1) is 17.6. The molecule has 2 N–H and O–H groups in total. The second-order valence-electron chi connectivity index (χ2n) is 5.59. The van der Waals surface area contributed by atoms with E-state index in [9.17, 15) is 9.59 Å². The molecule has 0 unspecified atom stereocenters. The molecule has 0 atom stereocenters. The second kappa shape index (κ2) is 8.07. The van der Waals surface area contributed by atoms with Crippen molar-refractivity contribution in [2.24, 2.45) is 5.92 Å². The number of carboxylic acids is 1. The van der Waals surface area contributed by atoms with Gasteiger partial charge in [0.15, 0.2) is 5.16 Å². The maximum absolute atomic E-state index is 12.0. The van der Waals surface area contributed by atoms with Gasteiger partial charge in [-0.3, -0.25) is 9.59 Å². The van der Waals surface area contributed by atoms with Crippen molar-refractivity contribution in [3.8, 4) is 0 Å². The number of rotatable bonds is 8. The molecule has 118 valence electrons. The Kier molecular flexibility index (Phi) is 6.74. The van der Waals surface area contributed by atoms with Crippen molar-refractivity contribution < 1.29 is 14.7 Å². The Bertz CT molecular complexity index is 498. The van der Waals surface area contributed by atoms with Crippen LogP contribution >= 0.6 is 11.8 Å². The summed E-state index contributed by atoms with van der Waals surface area (Å²) in [5, 5.41) is 12.2. The fraction of sp³-hybridized carbons (Fsp3) is 0.643. The van der Waals surface area contributed by atoms with E-state index < -0.39 is 5.97 Å². The van der Waals surface area contributed by atoms with E-state index in [1.807, 2.05) is 27.7 Å². The van der Waals surface area contributed by atoms with Gasteiger partial charge in [0, 0.05) is 18.4 Å². The standard InChI is InChI=1S/C14H23N3O3S/c1-9(2)5-15-12(18)7-17-11(10(3)4)6-16-14(17)21-8-13(19)20/h6,9-10H,5,7-8H2,1-4H3,(H,15,18)(H,19,20). The van der Waals surface area contributed by atoms with Crippen molar-refractivity contribution in [2.45, 2.75) is 45.3 Å². The number of hydrogen-bond acceptors (Lipinski definition) is 4. The zero-order chi connectivity index (χ0) is 16.0. The van der Waals surface area contributed by atoms with Crippen LogP contribution in [0, 0.1) is 5.92 Å². The van der Waals surface area contributed by atoms with E-state index in [1.165, 1.54) is 0 Å². The average Bonchev–Trinajstić information content (AvgIpc) is 2.77. The molecule has 0 aliphatic heterocycles. The summed E-state index contributed by atoms with van der Waals surface area (Å²) < 4.78 is 1.80.